The van der Waals surface area contributed by atoms with Crippen molar-refractivity contribution in [3.05, 3.63) is 35.4 Å². The van der Waals surface area contributed by atoms with Crippen LogP contribution in [0, 0.1) is 11.8 Å². The SMILES string of the molecule is O=Cc1ccccc1C#C[C]12[CH]3[CH]4[CH]5[CH]1[Fe]45321678[CH]2[CH]1[CH]6[C]7(I)[CH]28. The Labute approximate surface area is 132 Å². The van der Waals surface area contributed by atoms with E-state index in [1.807, 2.05) is 24.3 Å². The van der Waals surface area contributed by atoms with Gasteiger partial charge in [0.25, 0.3) is 0 Å². The third-order valence-corrected chi connectivity index (χ3v) is 68.6. The number of benzene rings is 1. The first-order chi connectivity index (χ1) is 10.5. The molecule has 1 aromatic rings. The van der Waals surface area contributed by atoms with Crippen LogP contribution in [0.2, 0.25) is 42.8 Å². The first kappa shape index (κ1) is 9.25. The molecule has 10 saturated heterocycles. The monoisotopic (exact) mass is 440 g/mol. The second-order valence-corrected chi connectivity index (χ2v) is 37.6. The van der Waals surface area contributed by atoms with Gasteiger partial charge in [-0.05, 0) is 0 Å². The Morgan fingerprint density at radius 1 is 1.05 bits per heavy atom. The van der Waals surface area contributed by atoms with Gasteiger partial charge in [-0.1, -0.05) is 0 Å². The van der Waals surface area contributed by atoms with Gasteiger partial charge in [0.05, 0.1) is 0 Å². The number of aldehydes is 1. The standard InChI is InChI=1S/C14H9O.C5H4I.Fe/c15-11-14-8-4-3-7-13(14)10-9-12-5-1-2-6-12;6-5-3-1-2-4-5;/h1-8,11H;1-4H;. The van der Waals surface area contributed by atoms with Crippen molar-refractivity contribution in [2.24, 2.45) is 0 Å². The van der Waals surface area contributed by atoms with Crippen molar-refractivity contribution < 1.29 is 11.3 Å². The van der Waals surface area contributed by atoms with E-state index < -0.39 is 6.51 Å². The number of fused-ring (bicyclic) bond motifs is 10. The van der Waals surface area contributed by atoms with E-state index in [0.717, 1.165) is 19.7 Å². The number of carbonyl (C=O) groups is 1. The molecule has 10 fully saturated rings. The van der Waals surface area contributed by atoms with Crippen molar-refractivity contribution in [2.45, 2.75) is 45.2 Å². The van der Waals surface area contributed by atoms with Gasteiger partial charge in [-0.25, -0.2) is 0 Å². The van der Waals surface area contributed by atoms with Gasteiger partial charge in [-0.3, -0.25) is 0 Å². The molecule has 1 nitrogen and oxygen atoms in total. The van der Waals surface area contributed by atoms with E-state index in [2.05, 4.69) is 34.4 Å². The van der Waals surface area contributed by atoms with Gasteiger partial charge in [0, 0.05) is 0 Å². The summed E-state index contributed by atoms with van der Waals surface area (Å²) in [6.07, 6.45) is 0.975. The van der Waals surface area contributed by atoms with E-state index in [4.69, 9.17) is 0 Å². The van der Waals surface area contributed by atoms with Gasteiger partial charge < -0.3 is 0 Å². The Morgan fingerprint density at radius 3 is 2.14 bits per heavy atom. The molecule has 1 spiro atoms. The fourth-order valence-corrected chi connectivity index (χ4v) is 109. The van der Waals surface area contributed by atoms with Crippen molar-refractivity contribution in [3.8, 4) is 11.8 Å². The van der Waals surface area contributed by atoms with E-state index >= 15 is 0 Å². The first-order valence-electron chi connectivity index (χ1n) is 8.43. The van der Waals surface area contributed by atoms with Crippen molar-refractivity contribution in [3.63, 3.8) is 0 Å². The van der Waals surface area contributed by atoms with E-state index in [-0.39, 0.29) is 0 Å². The maximum absolute atomic E-state index is 11.3. The quantitative estimate of drug-likeness (QED) is 0.199. The fourth-order valence-electron chi connectivity index (χ4n) is 17.4. The summed E-state index contributed by atoms with van der Waals surface area (Å²) < 4.78 is 1.51. The third-order valence-electron chi connectivity index (χ3n) is 16.1. The Balaban J connectivity index is 1.32. The van der Waals surface area contributed by atoms with E-state index in [0.29, 0.717) is 4.31 Å². The molecule has 0 aromatic heterocycles. The van der Waals surface area contributed by atoms with E-state index in [1.165, 1.54) is 38.5 Å². The van der Waals surface area contributed by atoms with Crippen molar-refractivity contribution in [1.82, 2.24) is 0 Å². The van der Waals surface area contributed by atoms with Crippen LogP contribution in [0.15, 0.2) is 24.3 Å². The second-order valence-electron chi connectivity index (χ2n) is 11.6. The van der Waals surface area contributed by atoms with Crippen LogP contribution in [-0.2, 0) is 6.51 Å². The van der Waals surface area contributed by atoms with Crippen LogP contribution in [0.3, 0.4) is 0 Å². The molecule has 110 valence electrons. The zero-order valence-corrected chi connectivity index (χ0v) is 14.9. The number of hydrogen-bond acceptors (Lipinski definition) is 1. The van der Waals surface area contributed by atoms with Crippen LogP contribution >= 0.6 is 22.6 Å². The van der Waals surface area contributed by atoms with Gasteiger partial charge in [0.15, 0.2) is 0 Å². The summed E-state index contributed by atoms with van der Waals surface area (Å²) in [5.74, 6) is 7.52. The Kier molecular flexibility index (Phi) is 0.385. The molecule has 0 aliphatic carbocycles. The third kappa shape index (κ3) is 0.115. The van der Waals surface area contributed by atoms with E-state index in [1.54, 1.807) is 0 Å². The molecule has 11 rings (SSSR count). The van der Waals surface area contributed by atoms with Crippen LogP contribution in [0.4, 0.5) is 0 Å². The molecule has 8 unspecified atom stereocenters. The van der Waals surface area contributed by atoms with Crippen molar-refractivity contribution in [1.29, 1.82) is 0 Å². The summed E-state index contributed by atoms with van der Waals surface area (Å²) in [6.45, 7) is -3.20. The van der Waals surface area contributed by atoms with Gasteiger partial charge in [-0.2, -0.15) is 0 Å². The molecular formula is C19H13FeIO. The topological polar surface area (TPSA) is 17.1 Å². The molecule has 10 aliphatic rings. The number of rotatable bonds is 1. The molecule has 3 heteroatoms. The summed E-state index contributed by atoms with van der Waals surface area (Å²) in [6, 6.07) is 7.92. The Bertz CT molecular complexity index is 1420. The number of halogens is 1. The summed E-state index contributed by atoms with van der Waals surface area (Å²) in [4.78, 5) is 21.4. The summed E-state index contributed by atoms with van der Waals surface area (Å²) in [5, 5.41) is 0. The molecule has 0 N–H and O–H groups in total. The average molecular weight is 440 g/mol. The molecule has 1 aromatic carbocycles. The summed E-state index contributed by atoms with van der Waals surface area (Å²) in [7, 11) is 0. The van der Waals surface area contributed by atoms with Crippen molar-refractivity contribution >= 4 is 28.9 Å². The second kappa shape index (κ2) is 0.915. The summed E-state index contributed by atoms with van der Waals surface area (Å²) >= 11 is 3.01. The minimum atomic E-state index is -3.20. The van der Waals surface area contributed by atoms with Crippen LogP contribution in [0.1, 0.15) is 15.9 Å². The molecule has 0 radical (unpaired) electrons. The Hall–Kier alpha value is -0.301. The first-order valence-corrected chi connectivity index (χ1v) is 15.7. The summed E-state index contributed by atoms with van der Waals surface area (Å²) in [5.41, 5.74) is 1.77. The van der Waals surface area contributed by atoms with Crippen LogP contribution in [0.5, 0.6) is 0 Å². The average Bonchev–Trinajstić information content (AvgIpc) is 3.49. The molecule has 0 saturated carbocycles. The molecule has 10 heterocycles. The number of alkyl halides is 1. The molecule has 22 heavy (non-hydrogen) atoms. The maximum atomic E-state index is 11.3. The van der Waals surface area contributed by atoms with Crippen LogP contribution in [-0.4, -0.2) is 8.61 Å². The molecule has 0 bridgehead atoms. The number of hydrogen-bond donors (Lipinski definition) is 0. The zero-order chi connectivity index (χ0) is 14.0. The fraction of sp³-hybridized carbons (Fsp3) is 0.526. The van der Waals surface area contributed by atoms with Crippen molar-refractivity contribution in [2.75, 3.05) is 0 Å². The van der Waals surface area contributed by atoms with Gasteiger partial charge in [0.1, 0.15) is 0 Å². The Morgan fingerprint density at radius 2 is 1.68 bits per heavy atom. The molecular weight excluding hydrogens is 427 g/mol. The predicted molar refractivity (Wildman–Crippen MR) is 88.2 cm³/mol. The van der Waals surface area contributed by atoms with Gasteiger partial charge >= 0.3 is 133 Å². The van der Waals surface area contributed by atoms with E-state index in [9.17, 15) is 4.79 Å². The van der Waals surface area contributed by atoms with Gasteiger partial charge in [-0.15, -0.1) is 0 Å². The molecule has 10 aliphatic heterocycles. The minimum absolute atomic E-state index is 0.617. The zero-order valence-electron chi connectivity index (χ0n) is 11.6. The van der Waals surface area contributed by atoms with Crippen LogP contribution < -0.4 is 0 Å². The number of carbonyl (C=O) groups excluding carboxylic acids is 1. The molecule has 8 atom stereocenters. The van der Waals surface area contributed by atoms with Gasteiger partial charge in [0.2, 0.25) is 0 Å². The van der Waals surface area contributed by atoms with Crippen LogP contribution in [0.25, 0.3) is 0 Å². The molecule has 0 amide bonds. The predicted octanol–water partition coefficient (Wildman–Crippen LogP) is 4.95. The normalized spacial score (nSPS) is 97.1.